The molecule has 0 amide bonds. The molecule has 0 aliphatic rings. The minimum atomic E-state index is -4.49. The average Bonchev–Trinajstić information content (AvgIpc) is 2.26. The molecule has 0 aliphatic carbocycles. The zero-order chi connectivity index (χ0) is 13.8. The van der Waals surface area contributed by atoms with Gasteiger partial charge in [0.1, 0.15) is 13.3 Å². The maximum absolute atomic E-state index is 11.9. The van der Waals surface area contributed by atoms with E-state index in [0.717, 1.165) is 6.07 Å². The molecular formula is C10H13F3N2O3. The zero-order valence-electron chi connectivity index (χ0n) is 9.74. The summed E-state index contributed by atoms with van der Waals surface area (Å²) < 4.78 is 41.8. The number of hydrogen-bond donors (Lipinski definition) is 0. The molecule has 18 heavy (non-hydrogen) atoms. The molecule has 0 atom stereocenters. The third-order valence-electron chi connectivity index (χ3n) is 2.09. The first kappa shape index (κ1) is 14.5. The molecule has 1 heterocycles. The van der Waals surface area contributed by atoms with Crippen LogP contribution in [0.25, 0.3) is 0 Å². The molecule has 0 aromatic carbocycles. The van der Waals surface area contributed by atoms with Crippen molar-refractivity contribution in [2.75, 3.05) is 6.61 Å². The van der Waals surface area contributed by atoms with Crippen LogP contribution in [0.15, 0.2) is 21.9 Å². The topological polar surface area (TPSA) is 53.2 Å². The van der Waals surface area contributed by atoms with Crippen molar-refractivity contribution < 1.29 is 17.9 Å². The Bertz CT molecular complexity index is 504. The van der Waals surface area contributed by atoms with Gasteiger partial charge in [-0.3, -0.25) is 4.79 Å². The van der Waals surface area contributed by atoms with E-state index in [-0.39, 0.29) is 0 Å². The van der Waals surface area contributed by atoms with Crippen LogP contribution in [0.1, 0.15) is 13.3 Å². The Kier molecular flexibility index (Phi) is 4.71. The number of nitrogens with zero attached hydrogens (tertiary/aromatic N) is 2. The summed E-state index contributed by atoms with van der Waals surface area (Å²) in [7, 11) is 0. The average molecular weight is 266 g/mol. The molecule has 102 valence electrons. The minimum Gasteiger partial charge on any atom is -0.351 e. The van der Waals surface area contributed by atoms with Crippen molar-refractivity contribution in [1.29, 1.82) is 0 Å². The summed E-state index contributed by atoms with van der Waals surface area (Å²) in [4.78, 5) is 23.0. The first-order valence-electron chi connectivity index (χ1n) is 5.30. The van der Waals surface area contributed by atoms with Crippen LogP contribution < -0.4 is 11.2 Å². The van der Waals surface area contributed by atoms with E-state index >= 15 is 0 Å². The van der Waals surface area contributed by atoms with Crippen LogP contribution in [0.5, 0.6) is 0 Å². The van der Waals surface area contributed by atoms with Crippen LogP contribution >= 0.6 is 0 Å². The summed E-state index contributed by atoms with van der Waals surface area (Å²) in [6, 6.07) is 1.12. The predicted octanol–water partition coefficient (Wildman–Crippen LogP) is 0.956. The van der Waals surface area contributed by atoms with E-state index in [1.165, 1.54) is 10.8 Å². The number of halogens is 3. The van der Waals surface area contributed by atoms with E-state index < -0.39 is 30.8 Å². The smallest absolute Gasteiger partial charge is 0.351 e. The molecule has 0 radical (unpaired) electrons. The number of alkyl halides is 3. The maximum atomic E-state index is 11.9. The predicted molar refractivity (Wildman–Crippen MR) is 57.3 cm³/mol. The van der Waals surface area contributed by atoms with Crippen molar-refractivity contribution in [2.24, 2.45) is 0 Å². The number of ether oxygens (including phenoxy) is 1. The highest BCUT2D eigenvalue weighted by Crippen LogP contribution is 2.14. The second-order valence-corrected chi connectivity index (χ2v) is 3.65. The molecule has 0 fully saturated rings. The van der Waals surface area contributed by atoms with Gasteiger partial charge in [-0.2, -0.15) is 13.2 Å². The highest BCUT2D eigenvalue weighted by atomic mass is 19.4. The van der Waals surface area contributed by atoms with Crippen LogP contribution in [-0.4, -0.2) is 21.9 Å². The molecule has 0 unspecified atom stereocenters. The highest BCUT2D eigenvalue weighted by Gasteiger charge is 2.27. The molecular weight excluding hydrogens is 253 g/mol. The van der Waals surface area contributed by atoms with E-state index in [1.54, 1.807) is 0 Å². The third-order valence-corrected chi connectivity index (χ3v) is 2.09. The molecule has 0 aliphatic heterocycles. The fourth-order valence-electron chi connectivity index (χ4n) is 1.34. The summed E-state index contributed by atoms with van der Waals surface area (Å²) >= 11 is 0. The maximum Gasteiger partial charge on any atom is 0.411 e. The summed E-state index contributed by atoms with van der Waals surface area (Å²) in [6.45, 7) is 0.0176. The normalized spacial score (nSPS) is 11.8. The van der Waals surface area contributed by atoms with Gasteiger partial charge >= 0.3 is 11.9 Å². The second kappa shape index (κ2) is 5.85. The Hall–Kier alpha value is -1.57. The van der Waals surface area contributed by atoms with E-state index in [9.17, 15) is 22.8 Å². The highest BCUT2D eigenvalue weighted by molar-refractivity contribution is 4.85. The Balaban J connectivity index is 2.85. The van der Waals surface area contributed by atoms with Gasteiger partial charge in [0.2, 0.25) is 0 Å². The van der Waals surface area contributed by atoms with Gasteiger partial charge in [-0.05, 0) is 6.42 Å². The van der Waals surface area contributed by atoms with E-state index in [1.807, 2.05) is 6.92 Å². The summed E-state index contributed by atoms with van der Waals surface area (Å²) in [5.41, 5.74) is -1.36. The van der Waals surface area contributed by atoms with Crippen molar-refractivity contribution in [1.82, 2.24) is 9.13 Å². The number of hydrogen-bond acceptors (Lipinski definition) is 3. The Morgan fingerprint density at radius 3 is 2.56 bits per heavy atom. The first-order valence-corrected chi connectivity index (χ1v) is 5.30. The lowest BCUT2D eigenvalue weighted by Crippen LogP contribution is -2.40. The Morgan fingerprint density at radius 2 is 2.00 bits per heavy atom. The number of aryl methyl sites for hydroxylation is 1. The molecule has 0 spiro atoms. The second-order valence-electron chi connectivity index (χ2n) is 3.65. The van der Waals surface area contributed by atoms with Crippen molar-refractivity contribution in [2.45, 2.75) is 32.8 Å². The standard InChI is InChI=1S/C10H13F3N2O3/c1-2-4-14-5-3-8(16)15(9(14)17)7-18-6-10(11,12)13/h3,5H,2,4,6-7H2,1H3. The van der Waals surface area contributed by atoms with Crippen molar-refractivity contribution >= 4 is 0 Å². The van der Waals surface area contributed by atoms with E-state index in [2.05, 4.69) is 4.74 Å². The summed E-state index contributed by atoms with van der Waals surface area (Å²) in [5.74, 6) is 0. The molecule has 0 saturated carbocycles. The van der Waals surface area contributed by atoms with Gasteiger partial charge in [0, 0.05) is 18.8 Å². The van der Waals surface area contributed by atoms with Crippen LogP contribution in [0.2, 0.25) is 0 Å². The van der Waals surface area contributed by atoms with Crippen LogP contribution in [0.4, 0.5) is 13.2 Å². The summed E-state index contributed by atoms with van der Waals surface area (Å²) in [5, 5.41) is 0. The van der Waals surface area contributed by atoms with Crippen LogP contribution in [0, 0.1) is 0 Å². The van der Waals surface area contributed by atoms with Gasteiger partial charge < -0.3 is 9.30 Å². The van der Waals surface area contributed by atoms with Crippen LogP contribution in [0.3, 0.4) is 0 Å². The lowest BCUT2D eigenvalue weighted by Gasteiger charge is -2.10. The van der Waals surface area contributed by atoms with Gasteiger partial charge in [0.15, 0.2) is 0 Å². The van der Waals surface area contributed by atoms with Crippen LogP contribution in [-0.2, 0) is 18.0 Å². The SMILES string of the molecule is CCCn1ccc(=O)n(COCC(F)(F)F)c1=O. The largest absolute Gasteiger partial charge is 0.411 e. The molecule has 0 saturated heterocycles. The van der Waals surface area contributed by atoms with E-state index in [0.29, 0.717) is 17.5 Å². The van der Waals surface area contributed by atoms with Crippen molar-refractivity contribution in [3.8, 4) is 0 Å². The quantitative estimate of drug-likeness (QED) is 0.797. The number of aromatic nitrogens is 2. The molecule has 1 aromatic rings. The molecule has 5 nitrogen and oxygen atoms in total. The minimum absolute atomic E-state index is 0.387. The fraction of sp³-hybridized carbons (Fsp3) is 0.600. The third kappa shape index (κ3) is 4.02. The lowest BCUT2D eigenvalue weighted by molar-refractivity contribution is -0.182. The van der Waals surface area contributed by atoms with Gasteiger partial charge in [-0.25, -0.2) is 9.36 Å². The van der Waals surface area contributed by atoms with Gasteiger partial charge in [0.25, 0.3) is 5.56 Å². The molecule has 0 bridgehead atoms. The Morgan fingerprint density at radius 1 is 1.33 bits per heavy atom. The van der Waals surface area contributed by atoms with Crippen molar-refractivity contribution in [3.05, 3.63) is 33.1 Å². The monoisotopic (exact) mass is 266 g/mol. The molecule has 8 heteroatoms. The van der Waals surface area contributed by atoms with Gasteiger partial charge in [-0.15, -0.1) is 0 Å². The molecule has 1 aromatic heterocycles. The lowest BCUT2D eigenvalue weighted by atomic mass is 10.4. The van der Waals surface area contributed by atoms with E-state index in [4.69, 9.17) is 0 Å². The van der Waals surface area contributed by atoms with Gasteiger partial charge in [0.05, 0.1) is 0 Å². The van der Waals surface area contributed by atoms with Crippen molar-refractivity contribution in [3.63, 3.8) is 0 Å². The molecule has 0 N–H and O–H groups in total. The van der Waals surface area contributed by atoms with Gasteiger partial charge in [-0.1, -0.05) is 6.92 Å². The zero-order valence-corrected chi connectivity index (χ0v) is 9.74. The number of rotatable bonds is 5. The Labute approximate surface area is 100 Å². The summed E-state index contributed by atoms with van der Waals surface area (Å²) in [6.07, 6.45) is -2.50. The first-order chi connectivity index (χ1) is 8.35. The molecule has 1 rings (SSSR count). The fourth-order valence-corrected chi connectivity index (χ4v) is 1.34.